The number of hydrogen-bond acceptors (Lipinski definition) is 3. The molecule has 1 aliphatic rings. The van der Waals surface area contributed by atoms with Gasteiger partial charge in [0, 0.05) is 25.4 Å². The first-order valence-electron chi connectivity index (χ1n) is 8.06. The van der Waals surface area contributed by atoms with Gasteiger partial charge in [0.2, 0.25) is 0 Å². The van der Waals surface area contributed by atoms with Crippen LogP contribution in [0.2, 0.25) is 0 Å². The van der Waals surface area contributed by atoms with Crippen LogP contribution in [0.4, 0.5) is 0 Å². The van der Waals surface area contributed by atoms with E-state index in [1.165, 1.54) is 0 Å². The highest BCUT2D eigenvalue weighted by Crippen LogP contribution is 2.38. The molecule has 0 saturated heterocycles. The van der Waals surface area contributed by atoms with Gasteiger partial charge in [-0.05, 0) is 41.8 Å². The van der Waals surface area contributed by atoms with Gasteiger partial charge < -0.3 is 9.47 Å². The van der Waals surface area contributed by atoms with Crippen LogP contribution < -0.4 is 5.48 Å². The number of nitrogens with zero attached hydrogens (tertiary/aromatic N) is 2. The molecule has 1 aromatic heterocycles. The second-order valence-electron chi connectivity index (χ2n) is 6.10. The normalized spacial score (nSPS) is 16.1. The zero-order valence-corrected chi connectivity index (χ0v) is 13.8. The molecule has 1 atom stereocenters. The maximum atomic E-state index is 12.9. The highest BCUT2D eigenvalue weighted by atomic mass is 16.5. The number of fused-ring (bicyclic) bond motifs is 1. The molecule has 2 heterocycles. The minimum absolute atomic E-state index is 0.00897. The predicted molar refractivity (Wildman–Crippen MR) is 88.6 cm³/mol. The van der Waals surface area contributed by atoms with Crippen molar-refractivity contribution in [3.05, 3.63) is 58.9 Å². The van der Waals surface area contributed by atoms with E-state index >= 15 is 0 Å². The van der Waals surface area contributed by atoms with Crippen molar-refractivity contribution in [1.29, 1.82) is 0 Å². The molecule has 0 radical (unpaired) electrons. The largest absolute Gasteiger partial charge is 0.347 e. The monoisotopic (exact) mass is 327 g/mol. The maximum absolute atomic E-state index is 12.9. The van der Waals surface area contributed by atoms with E-state index in [1.807, 2.05) is 40.9 Å². The van der Waals surface area contributed by atoms with Crippen LogP contribution in [-0.4, -0.2) is 26.5 Å². The topological polar surface area (TPSA) is 74.6 Å². The molecular formula is C18H21N3O3. The van der Waals surface area contributed by atoms with Crippen molar-refractivity contribution in [3.8, 4) is 0 Å². The summed E-state index contributed by atoms with van der Waals surface area (Å²) in [5.74, 6) is -0.553. The molecule has 0 fully saturated rings. The Balaban J connectivity index is 1.95. The van der Waals surface area contributed by atoms with E-state index in [9.17, 15) is 9.59 Å². The molecule has 2 amide bonds. The summed E-state index contributed by atoms with van der Waals surface area (Å²) in [5.41, 5.74) is 4.72. The molecule has 1 aliphatic heterocycles. The summed E-state index contributed by atoms with van der Waals surface area (Å²) in [5, 5.41) is 8.80. The number of amides is 2. The summed E-state index contributed by atoms with van der Waals surface area (Å²) < 4.78 is 1.82. The predicted octanol–water partition coefficient (Wildman–Crippen LogP) is 2.64. The van der Waals surface area contributed by atoms with E-state index in [2.05, 4.69) is 6.92 Å². The van der Waals surface area contributed by atoms with Gasteiger partial charge in [0.1, 0.15) is 5.69 Å². The first kappa shape index (κ1) is 16.3. The van der Waals surface area contributed by atoms with E-state index in [-0.39, 0.29) is 11.9 Å². The minimum Gasteiger partial charge on any atom is -0.347 e. The van der Waals surface area contributed by atoms with Crippen LogP contribution in [0.5, 0.6) is 0 Å². The van der Waals surface area contributed by atoms with Crippen LogP contribution in [0.25, 0.3) is 0 Å². The summed E-state index contributed by atoms with van der Waals surface area (Å²) >= 11 is 0. The van der Waals surface area contributed by atoms with Gasteiger partial charge in [0.15, 0.2) is 0 Å². The first-order chi connectivity index (χ1) is 11.6. The van der Waals surface area contributed by atoms with E-state index in [0.29, 0.717) is 17.8 Å². The van der Waals surface area contributed by atoms with Crippen molar-refractivity contribution >= 4 is 11.8 Å². The van der Waals surface area contributed by atoms with Crippen molar-refractivity contribution in [1.82, 2.24) is 14.9 Å². The molecule has 1 unspecified atom stereocenters. The number of hydroxylamine groups is 1. The van der Waals surface area contributed by atoms with Crippen molar-refractivity contribution in [2.75, 3.05) is 0 Å². The molecule has 0 spiro atoms. The fourth-order valence-electron chi connectivity index (χ4n) is 3.36. The lowest BCUT2D eigenvalue weighted by atomic mass is 9.99. The fourth-order valence-corrected chi connectivity index (χ4v) is 3.36. The highest BCUT2D eigenvalue weighted by molar-refractivity contribution is 5.95. The lowest BCUT2D eigenvalue weighted by Gasteiger charge is -2.25. The molecule has 0 aliphatic carbocycles. The molecule has 2 N–H and O–H groups in total. The molecule has 3 rings (SSSR count). The van der Waals surface area contributed by atoms with Crippen molar-refractivity contribution < 1.29 is 14.8 Å². The number of benzene rings is 1. The third kappa shape index (κ3) is 2.69. The summed E-state index contributed by atoms with van der Waals surface area (Å²) in [4.78, 5) is 26.4. The molecular weight excluding hydrogens is 306 g/mol. The van der Waals surface area contributed by atoms with Crippen LogP contribution in [0.1, 0.15) is 57.8 Å². The molecule has 1 aromatic carbocycles. The smallest absolute Gasteiger partial charge is 0.274 e. The zero-order valence-electron chi connectivity index (χ0n) is 13.8. The van der Waals surface area contributed by atoms with Crippen LogP contribution >= 0.6 is 0 Å². The molecule has 6 heteroatoms. The molecule has 0 saturated carbocycles. The van der Waals surface area contributed by atoms with Gasteiger partial charge in [-0.25, -0.2) is 5.48 Å². The Bertz CT molecular complexity index is 782. The van der Waals surface area contributed by atoms with Crippen LogP contribution in [0.3, 0.4) is 0 Å². The number of carbonyl (C=O) groups excluding carboxylic acids is 2. The second-order valence-corrected chi connectivity index (χ2v) is 6.10. The number of aromatic nitrogens is 1. The van der Waals surface area contributed by atoms with Gasteiger partial charge in [-0.15, -0.1) is 0 Å². The molecule has 0 bridgehead atoms. The average Bonchev–Trinajstić information content (AvgIpc) is 3.17. The van der Waals surface area contributed by atoms with E-state index in [4.69, 9.17) is 5.21 Å². The van der Waals surface area contributed by atoms with Gasteiger partial charge in [0.05, 0.1) is 6.04 Å². The Hall–Kier alpha value is -2.60. The zero-order chi connectivity index (χ0) is 17.3. The Kier molecular flexibility index (Phi) is 4.40. The van der Waals surface area contributed by atoms with E-state index < -0.39 is 5.91 Å². The Morgan fingerprint density at radius 2 is 2.12 bits per heavy atom. The Morgan fingerprint density at radius 3 is 2.75 bits per heavy atom. The molecule has 2 aromatic rings. The fraction of sp³-hybridized carbons (Fsp3) is 0.333. The second kappa shape index (κ2) is 6.49. The van der Waals surface area contributed by atoms with Crippen molar-refractivity contribution in [2.24, 2.45) is 7.05 Å². The number of rotatable bonds is 4. The summed E-state index contributed by atoms with van der Waals surface area (Å²) in [7, 11) is 1.86. The van der Waals surface area contributed by atoms with Gasteiger partial charge in [-0.1, -0.05) is 19.4 Å². The number of hydrogen-bond donors (Lipinski definition) is 2. The third-order valence-corrected chi connectivity index (χ3v) is 4.57. The average molecular weight is 327 g/mol. The quantitative estimate of drug-likeness (QED) is 0.670. The third-order valence-electron chi connectivity index (χ3n) is 4.57. The van der Waals surface area contributed by atoms with Gasteiger partial charge >= 0.3 is 0 Å². The van der Waals surface area contributed by atoms with Gasteiger partial charge in [0.25, 0.3) is 11.8 Å². The minimum atomic E-state index is -0.544. The van der Waals surface area contributed by atoms with Gasteiger partial charge in [-0.3, -0.25) is 14.8 Å². The van der Waals surface area contributed by atoms with E-state index in [0.717, 1.165) is 24.0 Å². The number of carbonyl (C=O) groups is 2. The van der Waals surface area contributed by atoms with E-state index in [1.54, 1.807) is 17.6 Å². The molecule has 24 heavy (non-hydrogen) atoms. The standard InChI is InChI=1S/C18H21N3O3/c1-3-5-15-14-8-7-12(17(22)19-24)10-13(14)11-21(15)18(23)16-6-4-9-20(16)2/h4,6-10,15,24H,3,5,11H2,1-2H3,(H,19,22). The summed E-state index contributed by atoms with van der Waals surface area (Å²) in [6, 6.07) is 9.01. The van der Waals surface area contributed by atoms with Gasteiger partial charge in [-0.2, -0.15) is 0 Å². The lowest BCUT2D eigenvalue weighted by Crippen LogP contribution is -2.30. The maximum Gasteiger partial charge on any atom is 0.274 e. The Labute approximate surface area is 140 Å². The SMILES string of the molecule is CCCC1c2ccc(C(=O)NO)cc2CN1C(=O)c1cccn1C. The Morgan fingerprint density at radius 1 is 1.33 bits per heavy atom. The molecule has 6 nitrogen and oxygen atoms in total. The van der Waals surface area contributed by atoms with Crippen molar-refractivity contribution in [3.63, 3.8) is 0 Å². The first-order valence-corrected chi connectivity index (χ1v) is 8.06. The molecule has 126 valence electrons. The van der Waals surface area contributed by atoms with Crippen LogP contribution in [0, 0.1) is 0 Å². The summed E-state index contributed by atoms with van der Waals surface area (Å²) in [6.07, 6.45) is 3.68. The number of nitrogens with one attached hydrogen (secondary N) is 1. The lowest BCUT2D eigenvalue weighted by molar-refractivity contribution is 0.0672. The van der Waals surface area contributed by atoms with Crippen molar-refractivity contribution in [2.45, 2.75) is 32.4 Å². The van der Waals surface area contributed by atoms with Crippen LogP contribution in [0.15, 0.2) is 36.5 Å². The number of aryl methyl sites for hydroxylation is 1. The highest BCUT2D eigenvalue weighted by Gasteiger charge is 2.34. The summed E-state index contributed by atoms with van der Waals surface area (Å²) in [6.45, 7) is 2.56. The van der Waals surface area contributed by atoms with Crippen LogP contribution in [-0.2, 0) is 13.6 Å².